The molecule has 0 amide bonds. The smallest absolute Gasteiger partial charge is 0.322 e. The maximum atomic E-state index is 12.2. The van der Waals surface area contributed by atoms with E-state index in [9.17, 15) is 8.42 Å². The Morgan fingerprint density at radius 1 is 1.18 bits per heavy atom. The Hall–Kier alpha value is -2.17. The lowest BCUT2D eigenvalue weighted by Gasteiger charge is -2.12. The fourth-order valence-corrected chi connectivity index (χ4v) is 2.98. The molecular weight excluding hydrogens is 330 g/mol. The van der Waals surface area contributed by atoms with Crippen molar-refractivity contribution >= 4 is 56.2 Å². The third-order valence-corrected chi connectivity index (χ3v) is 4.76. The third-order valence-electron chi connectivity index (χ3n) is 3.10. The molecule has 2 aromatic heterocycles. The third kappa shape index (κ3) is 2.21. The van der Waals surface area contributed by atoms with Crippen LogP contribution in [0.3, 0.4) is 0 Å². The summed E-state index contributed by atoms with van der Waals surface area (Å²) in [6.07, 6.45) is 1.43. The van der Waals surface area contributed by atoms with Crippen molar-refractivity contribution in [3.05, 3.63) is 18.3 Å². The molecule has 3 aromatic rings. The Morgan fingerprint density at radius 2 is 1.86 bits per heavy atom. The Kier molecular flexibility index (Phi) is 3.85. The zero-order valence-corrected chi connectivity index (χ0v) is 13.4. The number of anilines is 2. The van der Waals surface area contributed by atoms with Crippen molar-refractivity contribution in [2.75, 3.05) is 25.6 Å². The highest BCUT2D eigenvalue weighted by atomic mass is 35.5. The Labute approximate surface area is 132 Å². The number of nitrogens with zero attached hydrogens (tertiary/aromatic N) is 5. The lowest BCUT2D eigenvalue weighted by atomic mass is 10.1. The number of hydrogen-bond donors (Lipinski definition) is 2. The van der Waals surface area contributed by atoms with E-state index in [1.54, 1.807) is 12.1 Å². The zero-order valence-electron chi connectivity index (χ0n) is 11.8. The van der Waals surface area contributed by atoms with Crippen LogP contribution in [-0.2, 0) is 10.2 Å². The molecule has 0 aliphatic carbocycles. The molecule has 0 spiro atoms. The molecule has 0 aliphatic rings. The molecular formula is C11H14ClN7O2S. The average molecular weight is 344 g/mol. The van der Waals surface area contributed by atoms with Crippen molar-refractivity contribution < 1.29 is 8.42 Å². The highest BCUT2D eigenvalue weighted by molar-refractivity contribution is 7.87. The fraction of sp³-hybridized carbons (Fsp3) is 0.182. The number of aromatic nitrogens is 4. The normalized spacial score (nSPS) is 12.0. The van der Waals surface area contributed by atoms with Crippen LogP contribution in [0.25, 0.3) is 21.8 Å². The molecule has 11 heteroatoms. The summed E-state index contributed by atoms with van der Waals surface area (Å²) in [5.74, 6) is 0.248. The summed E-state index contributed by atoms with van der Waals surface area (Å²) in [4.78, 5) is 7.99. The van der Waals surface area contributed by atoms with Crippen LogP contribution >= 0.6 is 12.4 Å². The van der Waals surface area contributed by atoms with E-state index in [0.29, 0.717) is 21.8 Å². The molecule has 0 unspecified atom stereocenters. The van der Waals surface area contributed by atoms with E-state index in [4.69, 9.17) is 11.5 Å². The second kappa shape index (κ2) is 5.23. The first-order valence-corrected chi connectivity index (χ1v) is 7.34. The van der Waals surface area contributed by atoms with Gasteiger partial charge in [0.15, 0.2) is 0 Å². The van der Waals surface area contributed by atoms with Crippen LogP contribution in [0.4, 0.5) is 11.8 Å². The largest absolute Gasteiger partial charge is 0.383 e. The van der Waals surface area contributed by atoms with Crippen LogP contribution in [0.5, 0.6) is 0 Å². The van der Waals surface area contributed by atoms with Crippen molar-refractivity contribution in [1.82, 2.24) is 23.5 Å². The molecule has 22 heavy (non-hydrogen) atoms. The van der Waals surface area contributed by atoms with Gasteiger partial charge in [0.25, 0.3) is 0 Å². The van der Waals surface area contributed by atoms with Crippen LogP contribution in [0, 0.1) is 0 Å². The van der Waals surface area contributed by atoms with Crippen molar-refractivity contribution in [1.29, 1.82) is 0 Å². The van der Waals surface area contributed by atoms with Gasteiger partial charge in [-0.2, -0.15) is 22.8 Å². The van der Waals surface area contributed by atoms with Gasteiger partial charge < -0.3 is 11.5 Å². The fourth-order valence-electron chi connectivity index (χ4n) is 2.10. The minimum atomic E-state index is -3.72. The van der Waals surface area contributed by atoms with E-state index in [0.717, 1.165) is 8.39 Å². The van der Waals surface area contributed by atoms with Crippen LogP contribution < -0.4 is 11.5 Å². The summed E-state index contributed by atoms with van der Waals surface area (Å²) in [5, 5.41) is 5.03. The highest BCUT2D eigenvalue weighted by Crippen LogP contribution is 2.29. The summed E-state index contributed by atoms with van der Waals surface area (Å²) >= 11 is 0. The first-order valence-electron chi connectivity index (χ1n) is 5.95. The van der Waals surface area contributed by atoms with Crippen LogP contribution in [0.15, 0.2) is 18.3 Å². The summed E-state index contributed by atoms with van der Waals surface area (Å²) in [7, 11) is -0.852. The lowest BCUT2D eigenvalue weighted by Crippen LogP contribution is -2.29. The van der Waals surface area contributed by atoms with Crippen molar-refractivity contribution in [2.45, 2.75) is 0 Å². The van der Waals surface area contributed by atoms with Gasteiger partial charge in [0.1, 0.15) is 5.82 Å². The molecule has 118 valence electrons. The predicted molar refractivity (Wildman–Crippen MR) is 86.9 cm³/mol. The molecule has 4 N–H and O–H groups in total. The van der Waals surface area contributed by atoms with Gasteiger partial charge in [-0.25, -0.2) is 4.98 Å². The van der Waals surface area contributed by atoms with Crippen LogP contribution in [0.1, 0.15) is 0 Å². The van der Waals surface area contributed by atoms with E-state index in [-0.39, 0.29) is 24.2 Å². The minimum absolute atomic E-state index is 0. The number of rotatable bonds is 2. The number of halogens is 1. The monoisotopic (exact) mass is 343 g/mol. The molecule has 0 fully saturated rings. The molecule has 0 saturated heterocycles. The Morgan fingerprint density at radius 3 is 2.50 bits per heavy atom. The number of nitrogens with two attached hydrogens (primary N) is 2. The van der Waals surface area contributed by atoms with Gasteiger partial charge in [-0.1, -0.05) is 0 Å². The molecule has 0 aliphatic heterocycles. The topological polar surface area (TPSA) is 133 Å². The maximum Gasteiger partial charge on any atom is 0.322 e. The number of fused-ring (bicyclic) bond motifs is 3. The van der Waals surface area contributed by atoms with Gasteiger partial charge in [0, 0.05) is 19.5 Å². The first kappa shape index (κ1) is 16.2. The number of hydrogen-bond acceptors (Lipinski definition) is 7. The maximum absolute atomic E-state index is 12.2. The molecule has 1 aromatic carbocycles. The highest BCUT2D eigenvalue weighted by Gasteiger charge is 2.21. The number of benzene rings is 1. The molecule has 9 nitrogen and oxygen atoms in total. The quantitative estimate of drug-likeness (QED) is 0.679. The SMILES string of the molecule is CN(C)S(=O)(=O)n1ncc2c3c(N)nc(N)nc3ccc21.Cl. The van der Waals surface area contributed by atoms with Gasteiger partial charge in [0.05, 0.1) is 22.6 Å². The zero-order chi connectivity index (χ0) is 15.4. The molecule has 0 saturated carbocycles. The van der Waals surface area contributed by atoms with Crippen molar-refractivity contribution in [3.63, 3.8) is 0 Å². The molecule has 2 heterocycles. The average Bonchev–Trinajstić information content (AvgIpc) is 2.81. The van der Waals surface area contributed by atoms with Gasteiger partial charge in [-0.05, 0) is 12.1 Å². The van der Waals surface area contributed by atoms with Crippen LogP contribution in [0.2, 0.25) is 0 Å². The second-order valence-electron chi connectivity index (χ2n) is 4.64. The van der Waals surface area contributed by atoms with E-state index in [2.05, 4.69) is 15.1 Å². The van der Waals surface area contributed by atoms with E-state index < -0.39 is 10.2 Å². The molecule has 0 radical (unpaired) electrons. The molecule has 3 rings (SSSR count). The predicted octanol–water partition coefficient (Wildman–Crippen LogP) is 0.220. The van der Waals surface area contributed by atoms with Crippen molar-refractivity contribution in [3.8, 4) is 0 Å². The lowest BCUT2D eigenvalue weighted by molar-refractivity contribution is 0.506. The van der Waals surface area contributed by atoms with E-state index in [1.165, 1.54) is 20.3 Å². The van der Waals surface area contributed by atoms with Gasteiger partial charge in [-0.15, -0.1) is 16.5 Å². The molecule has 0 atom stereocenters. The summed E-state index contributed by atoms with van der Waals surface area (Å²) < 4.78 is 26.5. The van der Waals surface area contributed by atoms with Crippen LogP contribution in [-0.4, -0.2) is 46.0 Å². The summed E-state index contributed by atoms with van der Waals surface area (Å²) in [6, 6.07) is 3.24. The van der Waals surface area contributed by atoms with E-state index >= 15 is 0 Å². The Balaban J connectivity index is 0.00000176. The summed E-state index contributed by atoms with van der Waals surface area (Å²) in [6.45, 7) is 0. The van der Waals surface area contributed by atoms with Crippen molar-refractivity contribution in [2.24, 2.45) is 0 Å². The standard InChI is InChI=1S/C11H13N7O2S.ClH/c1-17(2)21(19,20)18-8-4-3-7-9(6(8)5-14-18)10(12)16-11(13)15-7;/h3-5H,1-2H3,(H4,12,13,15,16);1H. The minimum Gasteiger partial charge on any atom is -0.383 e. The van der Waals surface area contributed by atoms with Gasteiger partial charge in [-0.3, -0.25) is 0 Å². The number of nitrogen functional groups attached to an aromatic ring is 2. The summed E-state index contributed by atoms with van der Waals surface area (Å²) in [5.41, 5.74) is 12.4. The van der Waals surface area contributed by atoms with Gasteiger partial charge >= 0.3 is 10.2 Å². The second-order valence-corrected chi connectivity index (χ2v) is 6.61. The van der Waals surface area contributed by atoms with Gasteiger partial charge in [0.2, 0.25) is 5.95 Å². The molecule has 0 bridgehead atoms. The van der Waals surface area contributed by atoms with E-state index in [1.807, 2.05) is 0 Å². The first-order chi connectivity index (χ1) is 9.82. The Bertz CT molecular complexity index is 967.